The van der Waals surface area contributed by atoms with E-state index in [1.807, 2.05) is 31.3 Å². The first-order chi connectivity index (χ1) is 8.06. The van der Waals surface area contributed by atoms with Crippen molar-refractivity contribution in [3.05, 3.63) is 41.8 Å². The molecule has 1 heterocycles. The van der Waals surface area contributed by atoms with Gasteiger partial charge in [0.05, 0.1) is 0 Å². The lowest BCUT2D eigenvalue weighted by molar-refractivity contribution is 0.465. The molecule has 0 bridgehead atoms. The van der Waals surface area contributed by atoms with Crippen molar-refractivity contribution in [2.45, 2.75) is 6.54 Å². The maximum absolute atomic E-state index is 13.1. The van der Waals surface area contributed by atoms with Crippen LogP contribution in [0.4, 0.5) is 10.2 Å². The topological polar surface area (TPSA) is 41.3 Å². The van der Waals surface area contributed by atoms with Gasteiger partial charge in [0.2, 0.25) is 0 Å². The molecule has 0 fully saturated rings. The van der Waals surface area contributed by atoms with Gasteiger partial charge in [0.15, 0.2) is 5.82 Å². The fourth-order valence-electron chi connectivity index (χ4n) is 1.62. The largest absolute Gasteiger partial charge is 0.508 e. The molecule has 17 heavy (non-hydrogen) atoms. The van der Waals surface area contributed by atoms with E-state index in [0.717, 1.165) is 5.82 Å². The number of halogens is 1. The van der Waals surface area contributed by atoms with Crippen molar-refractivity contribution in [3.8, 4) is 5.75 Å². The molecule has 0 amide bonds. The first-order valence-electron chi connectivity index (χ1n) is 5.24. The zero-order valence-corrected chi connectivity index (χ0v) is 9.76. The summed E-state index contributed by atoms with van der Waals surface area (Å²) in [5.74, 6) is 0.512. The van der Waals surface area contributed by atoms with Crippen LogP contribution in [0.3, 0.4) is 0 Å². The maximum Gasteiger partial charge on any atom is 0.150 e. The smallest absolute Gasteiger partial charge is 0.150 e. The monoisotopic (exact) mass is 235 g/mol. The van der Waals surface area contributed by atoms with Crippen molar-refractivity contribution in [3.63, 3.8) is 0 Å². The van der Waals surface area contributed by atoms with Gasteiger partial charge in [-0.15, -0.1) is 0 Å². The van der Waals surface area contributed by atoms with Gasteiger partial charge in [-0.05, 0) is 18.2 Å². The SMILES string of the molecule is CN(Cc1cc(F)ccc1O)c1ccn(C)n1. The number of phenols is 1. The van der Waals surface area contributed by atoms with Crippen LogP contribution in [0.25, 0.3) is 0 Å². The summed E-state index contributed by atoms with van der Waals surface area (Å²) in [6.45, 7) is 0.403. The van der Waals surface area contributed by atoms with E-state index in [1.165, 1.54) is 18.2 Å². The average Bonchev–Trinajstić information content (AvgIpc) is 2.70. The molecule has 2 rings (SSSR count). The third kappa shape index (κ3) is 2.55. The molecule has 4 nitrogen and oxygen atoms in total. The second kappa shape index (κ2) is 4.45. The summed E-state index contributed by atoms with van der Waals surface area (Å²) in [5.41, 5.74) is 0.540. The molecule has 0 saturated carbocycles. The summed E-state index contributed by atoms with van der Waals surface area (Å²) in [5, 5.41) is 13.8. The highest BCUT2D eigenvalue weighted by Gasteiger charge is 2.09. The average molecular weight is 235 g/mol. The molecule has 0 aliphatic rings. The van der Waals surface area contributed by atoms with Gasteiger partial charge < -0.3 is 10.0 Å². The molecule has 0 aliphatic heterocycles. The number of nitrogens with zero attached hydrogens (tertiary/aromatic N) is 3. The lowest BCUT2D eigenvalue weighted by Crippen LogP contribution is -2.17. The number of phenolic OH excluding ortho intramolecular Hbond substituents is 1. The lowest BCUT2D eigenvalue weighted by Gasteiger charge is -2.16. The number of benzene rings is 1. The van der Waals surface area contributed by atoms with Gasteiger partial charge >= 0.3 is 0 Å². The van der Waals surface area contributed by atoms with E-state index in [4.69, 9.17) is 0 Å². The normalized spacial score (nSPS) is 10.5. The number of aromatic hydroxyl groups is 1. The lowest BCUT2D eigenvalue weighted by atomic mass is 10.2. The molecular weight excluding hydrogens is 221 g/mol. The van der Waals surface area contributed by atoms with Gasteiger partial charge in [0.25, 0.3) is 0 Å². The number of hydrogen-bond acceptors (Lipinski definition) is 3. The highest BCUT2D eigenvalue weighted by molar-refractivity contribution is 5.40. The minimum absolute atomic E-state index is 0.0918. The van der Waals surface area contributed by atoms with Crippen LogP contribution in [0, 0.1) is 5.82 Å². The maximum atomic E-state index is 13.1. The van der Waals surface area contributed by atoms with E-state index >= 15 is 0 Å². The Morgan fingerprint density at radius 3 is 2.82 bits per heavy atom. The minimum atomic E-state index is -0.354. The van der Waals surface area contributed by atoms with E-state index in [1.54, 1.807) is 4.68 Å². The molecule has 90 valence electrons. The molecule has 5 heteroatoms. The van der Waals surface area contributed by atoms with E-state index in [9.17, 15) is 9.50 Å². The minimum Gasteiger partial charge on any atom is -0.508 e. The fourth-order valence-corrected chi connectivity index (χ4v) is 1.62. The molecule has 2 aromatic rings. The number of anilines is 1. The first-order valence-corrected chi connectivity index (χ1v) is 5.24. The molecule has 0 spiro atoms. The Balaban J connectivity index is 2.18. The van der Waals surface area contributed by atoms with Gasteiger partial charge in [-0.2, -0.15) is 5.10 Å². The third-order valence-electron chi connectivity index (χ3n) is 2.54. The van der Waals surface area contributed by atoms with Crippen LogP contribution in [-0.2, 0) is 13.6 Å². The number of aromatic nitrogens is 2. The fraction of sp³-hybridized carbons (Fsp3) is 0.250. The summed E-state index contributed by atoms with van der Waals surface area (Å²) < 4.78 is 14.7. The van der Waals surface area contributed by atoms with Crippen molar-refractivity contribution in [2.75, 3.05) is 11.9 Å². The van der Waals surface area contributed by atoms with Crippen LogP contribution in [0.1, 0.15) is 5.56 Å². The van der Waals surface area contributed by atoms with Crippen LogP contribution in [0.2, 0.25) is 0 Å². The quantitative estimate of drug-likeness (QED) is 0.883. The molecule has 1 aromatic carbocycles. The van der Waals surface area contributed by atoms with Crippen LogP contribution in [0.15, 0.2) is 30.5 Å². The van der Waals surface area contributed by atoms with Crippen LogP contribution in [0.5, 0.6) is 5.75 Å². The summed E-state index contributed by atoms with van der Waals surface area (Å²) >= 11 is 0. The first kappa shape index (κ1) is 11.4. The molecule has 0 saturated heterocycles. The van der Waals surface area contributed by atoms with Gasteiger partial charge in [-0.3, -0.25) is 4.68 Å². The Morgan fingerprint density at radius 2 is 2.18 bits per heavy atom. The number of hydrogen-bond donors (Lipinski definition) is 1. The second-order valence-corrected chi connectivity index (χ2v) is 3.98. The van der Waals surface area contributed by atoms with Gasteiger partial charge in [-0.25, -0.2) is 4.39 Å². The molecule has 0 atom stereocenters. The van der Waals surface area contributed by atoms with E-state index < -0.39 is 0 Å². The summed E-state index contributed by atoms with van der Waals surface area (Å²) in [6, 6.07) is 5.78. The predicted octanol–water partition coefficient (Wildman–Crippen LogP) is 1.90. The molecule has 1 aromatic heterocycles. The Morgan fingerprint density at radius 1 is 1.41 bits per heavy atom. The van der Waals surface area contributed by atoms with Gasteiger partial charge in [0.1, 0.15) is 11.6 Å². The Bertz CT molecular complexity index is 524. The van der Waals surface area contributed by atoms with Crippen molar-refractivity contribution in [1.29, 1.82) is 0 Å². The summed E-state index contributed by atoms with van der Waals surface area (Å²) in [4.78, 5) is 1.84. The molecule has 0 aliphatic carbocycles. The standard InChI is InChI=1S/C12H14FN3O/c1-15(12-5-6-16(2)14-12)8-9-7-10(13)3-4-11(9)17/h3-7,17H,8H2,1-2H3. The Hall–Kier alpha value is -2.04. The van der Waals surface area contributed by atoms with E-state index in [2.05, 4.69) is 5.10 Å². The van der Waals surface area contributed by atoms with Crippen LogP contribution < -0.4 is 4.90 Å². The predicted molar refractivity (Wildman–Crippen MR) is 63.4 cm³/mol. The van der Waals surface area contributed by atoms with Crippen LogP contribution >= 0.6 is 0 Å². The molecule has 0 radical (unpaired) electrons. The molecular formula is C12H14FN3O. The van der Waals surface area contributed by atoms with Crippen molar-refractivity contribution < 1.29 is 9.50 Å². The Labute approximate surface area is 98.9 Å². The van der Waals surface area contributed by atoms with Crippen molar-refractivity contribution in [2.24, 2.45) is 7.05 Å². The third-order valence-corrected chi connectivity index (χ3v) is 2.54. The van der Waals surface area contributed by atoms with Gasteiger partial charge in [0, 0.05) is 38.5 Å². The highest BCUT2D eigenvalue weighted by Crippen LogP contribution is 2.21. The van der Waals surface area contributed by atoms with Crippen molar-refractivity contribution in [1.82, 2.24) is 9.78 Å². The summed E-state index contributed by atoms with van der Waals surface area (Å²) in [6.07, 6.45) is 1.83. The van der Waals surface area contributed by atoms with Gasteiger partial charge in [-0.1, -0.05) is 0 Å². The number of aryl methyl sites for hydroxylation is 1. The number of rotatable bonds is 3. The van der Waals surface area contributed by atoms with E-state index in [0.29, 0.717) is 12.1 Å². The molecule has 1 N–H and O–H groups in total. The highest BCUT2D eigenvalue weighted by atomic mass is 19.1. The zero-order chi connectivity index (χ0) is 12.4. The Kier molecular flexibility index (Phi) is 2.99. The van der Waals surface area contributed by atoms with Crippen molar-refractivity contribution >= 4 is 5.82 Å². The summed E-state index contributed by atoms with van der Waals surface area (Å²) in [7, 11) is 3.67. The molecule has 0 unspecified atom stereocenters. The van der Waals surface area contributed by atoms with Crippen LogP contribution in [-0.4, -0.2) is 21.9 Å². The second-order valence-electron chi connectivity index (χ2n) is 3.98. The van der Waals surface area contributed by atoms with E-state index in [-0.39, 0.29) is 11.6 Å². The zero-order valence-electron chi connectivity index (χ0n) is 9.76.